The number of rotatable bonds is 3. The van der Waals surface area contributed by atoms with Crippen molar-refractivity contribution in [3.05, 3.63) is 58.6 Å². The summed E-state index contributed by atoms with van der Waals surface area (Å²) in [4.78, 5) is 11.9. The van der Waals surface area contributed by atoms with Crippen molar-refractivity contribution in [2.45, 2.75) is 26.9 Å². The Hall–Kier alpha value is -2.22. The molecule has 3 aromatic rings. The molecule has 0 saturated heterocycles. The minimum atomic E-state index is -0.317. The largest absolute Gasteiger partial charge is 0.468 e. The molecule has 0 saturated carbocycles. The molecule has 0 unspecified atom stereocenters. The number of fused-ring (bicyclic) bond motifs is 1. The van der Waals surface area contributed by atoms with Crippen LogP contribution < -0.4 is 4.74 Å². The zero-order valence-electron chi connectivity index (χ0n) is 16.4. The highest BCUT2D eigenvalue weighted by Crippen LogP contribution is 2.36. The first kappa shape index (κ1) is 22.1. The summed E-state index contributed by atoms with van der Waals surface area (Å²) in [6.45, 7) is 9.37. The second-order valence-electron chi connectivity index (χ2n) is 5.69. The van der Waals surface area contributed by atoms with Gasteiger partial charge in [0.2, 0.25) is 0 Å². The summed E-state index contributed by atoms with van der Waals surface area (Å²) in [6.07, 6.45) is 5.05. The zero-order valence-corrected chi connectivity index (χ0v) is 18.0. The van der Waals surface area contributed by atoms with Crippen LogP contribution in [-0.2, 0) is 13.1 Å². The van der Waals surface area contributed by atoms with Crippen molar-refractivity contribution < 1.29 is 9.13 Å². The quantitative estimate of drug-likeness (QED) is 0.553. The lowest BCUT2D eigenvalue weighted by Gasteiger charge is -2.05. The smallest absolute Gasteiger partial charge is 0.300 e. The maximum absolute atomic E-state index is 13.0. The van der Waals surface area contributed by atoms with Gasteiger partial charge in [0.05, 0.1) is 17.8 Å². The van der Waals surface area contributed by atoms with Gasteiger partial charge in [-0.25, -0.2) is 14.4 Å². The lowest BCUT2D eigenvalue weighted by atomic mass is 10.2. The molecule has 2 aromatic heterocycles. The normalized spacial score (nSPS) is 12.4. The van der Waals surface area contributed by atoms with Crippen LogP contribution in [0.5, 0.6) is 6.01 Å². The van der Waals surface area contributed by atoms with Crippen LogP contribution in [0.15, 0.2) is 37.2 Å². The third-order valence-electron chi connectivity index (χ3n) is 3.79. The van der Waals surface area contributed by atoms with E-state index < -0.39 is 0 Å². The summed E-state index contributed by atoms with van der Waals surface area (Å²) >= 11 is 7.67. The molecule has 0 fully saturated rings. The van der Waals surface area contributed by atoms with E-state index in [0.717, 1.165) is 29.4 Å². The van der Waals surface area contributed by atoms with E-state index in [-0.39, 0.29) is 5.82 Å². The predicted molar refractivity (Wildman–Crippen MR) is 114 cm³/mol. The Labute approximate surface area is 174 Å². The molecule has 1 aliphatic rings. The summed E-state index contributed by atoms with van der Waals surface area (Å²) < 4.78 is 19.5. The van der Waals surface area contributed by atoms with Gasteiger partial charge in [0.1, 0.15) is 10.8 Å². The standard InChI is InChI=1S/C12H10ClFN2S.C6H8N2O.C2H6/c1-16-5-10-11(6-16)17-12(15-10)8-3-2-7(14)4-9(8)13;1-3-8-5-4-7-6(8)9-2;1-2/h2-4H,5-6H2,1H3;3-5H,1H2,2H3;1-2H3. The van der Waals surface area contributed by atoms with Crippen LogP contribution in [-0.4, -0.2) is 33.6 Å². The number of benzene rings is 1. The van der Waals surface area contributed by atoms with Gasteiger partial charge in [-0.2, -0.15) is 0 Å². The minimum Gasteiger partial charge on any atom is -0.468 e. The van der Waals surface area contributed by atoms with Gasteiger partial charge in [0, 0.05) is 42.1 Å². The molecule has 0 spiro atoms. The number of methoxy groups -OCH3 is 1. The molecule has 0 aliphatic carbocycles. The first-order valence-corrected chi connectivity index (χ1v) is 10.0. The summed E-state index contributed by atoms with van der Waals surface area (Å²) in [5.74, 6) is -0.317. The fourth-order valence-corrected chi connectivity index (χ4v) is 4.06. The average Bonchev–Trinajstić information content (AvgIpc) is 3.37. The Morgan fingerprint density at radius 1 is 1.32 bits per heavy atom. The van der Waals surface area contributed by atoms with Crippen molar-refractivity contribution in [1.82, 2.24) is 19.4 Å². The molecule has 1 aliphatic heterocycles. The lowest BCUT2D eigenvalue weighted by Crippen LogP contribution is -2.08. The van der Waals surface area contributed by atoms with E-state index in [1.54, 1.807) is 47.7 Å². The second kappa shape index (κ2) is 10.4. The van der Waals surface area contributed by atoms with Gasteiger partial charge in [-0.05, 0) is 25.2 Å². The van der Waals surface area contributed by atoms with E-state index in [0.29, 0.717) is 11.0 Å². The van der Waals surface area contributed by atoms with Gasteiger partial charge in [0.15, 0.2) is 0 Å². The predicted octanol–water partition coefficient (Wildman–Crippen LogP) is 5.57. The van der Waals surface area contributed by atoms with E-state index >= 15 is 0 Å². The highest BCUT2D eigenvalue weighted by atomic mass is 35.5. The number of hydrogen-bond donors (Lipinski definition) is 0. The summed E-state index contributed by atoms with van der Waals surface area (Å²) in [5, 5.41) is 1.30. The van der Waals surface area contributed by atoms with E-state index in [1.807, 2.05) is 13.8 Å². The number of aromatic nitrogens is 3. The van der Waals surface area contributed by atoms with Crippen LogP contribution in [0.3, 0.4) is 0 Å². The van der Waals surface area contributed by atoms with Crippen molar-refractivity contribution in [2.24, 2.45) is 0 Å². The molecule has 4 rings (SSSR count). The van der Waals surface area contributed by atoms with Gasteiger partial charge in [0.25, 0.3) is 6.01 Å². The number of hydrogen-bond acceptors (Lipinski definition) is 5. The topological polar surface area (TPSA) is 43.2 Å². The molecule has 0 N–H and O–H groups in total. The molecule has 3 heterocycles. The molecule has 0 amide bonds. The molecule has 0 bridgehead atoms. The molecule has 28 heavy (non-hydrogen) atoms. The molecule has 8 heteroatoms. The van der Waals surface area contributed by atoms with Crippen LogP contribution in [0.1, 0.15) is 24.4 Å². The summed E-state index contributed by atoms with van der Waals surface area (Å²) in [5.41, 5.74) is 1.93. The Bertz CT molecular complexity index is 901. The van der Waals surface area contributed by atoms with Crippen LogP contribution in [0.25, 0.3) is 16.8 Å². The van der Waals surface area contributed by atoms with Crippen LogP contribution >= 0.6 is 22.9 Å². The summed E-state index contributed by atoms with van der Waals surface area (Å²) in [6, 6.07) is 5.00. The molecule has 150 valence electrons. The van der Waals surface area contributed by atoms with Gasteiger partial charge in [-0.1, -0.05) is 32.0 Å². The van der Waals surface area contributed by atoms with Crippen molar-refractivity contribution in [3.8, 4) is 16.6 Å². The summed E-state index contributed by atoms with van der Waals surface area (Å²) in [7, 11) is 3.64. The Kier molecular flexibility index (Phi) is 8.17. The third-order valence-corrected chi connectivity index (χ3v) is 5.21. The fraction of sp³-hybridized carbons (Fsp3) is 0.300. The number of imidazole rings is 1. The third kappa shape index (κ3) is 5.19. The first-order valence-electron chi connectivity index (χ1n) is 8.83. The van der Waals surface area contributed by atoms with Gasteiger partial charge < -0.3 is 4.74 Å². The number of nitrogens with zero attached hydrogens (tertiary/aromatic N) is 4. The van der Waals surface area contributed by atoms with Crippen molar-refractivity contribution in [2.75, 3.05) is 14.2 Å². The molecule has 0 radical (unpaired) electrons. The van der Waals surface area contributed by atoms with Crippen molar-refractivity contribution in [1.29, 1.82) is 0 Å². The number of thiazole rings is 1. The Balaban J connectivity index is 0.000000216. The minimum absolute atomic E-state index is 0.317. The van der Waals surface area contributed by atoms with E-state index in [2.05, 4.69) is 28.5 Å². The molecular formula is C20H24ClFN4OS. The monoisotopic (exact) mass is 422 g/mol. The molecule has 1 aromatic carbocycles. The van der Waals surface area contributed by atoms with Crippen LogP contribution in [0.4, 0.5) is 4.39 Å². The Morgan fingerprint density at radius 2 is 2.07 bits per heavy atom. The fourth-order valence-electron chi connectivity index (χ4n) is 2.56. The molecular weight excluding hydrogens is 399 g/mol. The van der Waals surface area contributed by atoms with Crippen LogP contribution in [0.2, 0.25) is 5.02 Å². The highest BCUT2D eigenvalue weighted by molar-refractivity contribution is 7.15. The SMILES string of the molecule is C=Cn1ccnc1OC.CC.CN1Cc2nc(-c3ccc(F)cc3Cl)sc2C1. The maximum Gasteiger partial charge on any atom is 0.300 e. The van der Waals surface area contributed by atoms with Gasteiger partial charge in [-0.3, -0.25) is 9.47 Å². The highest BCUT2D eigenvalue weighted by Gasteiger charge is 2.22. The maximum atomic E-state index is 13.0. The van der Waals surface area contributed by atoms with Crippen molar-refractivity contribution in [3.63, 3.8) is 0 Å². The lowest BCUT2D eigenvalue weighted by molar-refractivity contribution is 0.352. The van der Waals surface area contributed by atoms with Crippen molar-refractivity contribution >= 4 is 29.1 Å². The van der Waals surface area contributed by atoms with Gasteiger partial charge >= 0.3 is 0 Å². The van der Waals surface area contributed by atoms with E-state index in [9.17, 15) is 4.39 Å². The average molecular weight is 423 g/mol. The van der Waals surface area contributed by atoms with E-state index in [1.165, 1.54) is 17.0 Å². The zero-order chi connectivity index (χ0) is 20.7. The molecule has 5 nitrogen and oxygen atoms in total. The Morgan fingerprint density at radius 3 is 2.64 bits per heavy atom. The second-order valence-corrected chi connectivity index (χ2v) is 7.18. The number of ether oxygens (including phenoxy) is 1. The number of halogens is 2. The molecule has 0 atom stereocenters. The van der Waals surface area contributed by atoms with E-state index in [4.69, 9.17) is 16.3 Å². The van der Waals surface area contributed by atoms with Gasteiger partial charge in [-0.15, -0.1) is 11.3 Å². The first-order chi connectivity index (χ1) is 13.5. The van der Waals surface area contributed by atoms with Crippen LogP contribution in [0, 0.1) is 5.82 Å².